The molecule has 1 aromatic rings. The fourth-order valence-corrected chi connectivity index (χ4v) is 1.77. The molecule has 80 valence electrons. The van der Waals surface area contributed by atoms with Gasteiger partial charge in [0.05, 0.1) is 12.2 Å². The minimum absolute atomic E-state index is 0.00929. The quantitative estimate of drug-likeness (QED) is 0.818. The molecular formula is C13H16O2. The smallest absolute Gasteiger partial charge is 0.0985 e. The third kappa shape index (κ3) is 2.91. The summed E-state index contributed by atoms with van der Waals surface area (Å²) in [5, 5.41) is 9.80. The Balaban J connectivity index is 1.93. The number of hydrogen-bond donors (Lipinski definition) is 1. The monoisotopic (exact) mass is 204 g/mol. The SMILES string of the molecule is OC(/C=C/c1ccccc1)C1CCCO1. The molecule has 0 bridgehead atoms. The van der Waals surface area contributed by atoms with Crippen molar-refractivity contribution in [1.29, 1.82) is 0 Å². The van der Waals surface area contributed by atoms with E-state index in [0.29, 0.717) is 0 Å². The van der Waals surface area contributed by atoms with E-state index in [-0.39, 0.29) is 6.10 Å². The van der Waals surface area contributed by atoms with E-state index in [0.717, 1.165) is 25.0 Å². The zero-order valence-corrected chi connectivity index (χ0v) is 8.67. The highest BCUT2D eigenvalue weighted by Gasteiger charge is 2.21. The molecule has 1 fully saturated rings. The van der Waals surface area contributed by atoms with Gasteiger partial charge in [-0.1, -0.05) is 42.5 Å². The molecular weight excluding hydrogens is 188 g/mol. The fraction of sp³-hybridized carbons (Fsp3) is 0.385. The Bertz CT molecular complexity index is 313. The van der Waals surface area contributed by atoms with Crippen molar-refractivity contribution < 1.29 is 9.84 Å². The molecule has 2 heteroatoms. The summed E-state index contributed by atoms with van der Waals surface area (Å²) in [6.07, 6.45) is 5.27. The Morgan fingerprint density at radius 1 is 1.33 bits per heavy atom. The van der Waals surface area contributed by atoms with Gasteiger partial charge in [-0.05, 0) is 18.4 Å². The summed E-state index contributed by atoms with van der Waals surface area (Å²) in [6.45, 7) is 0.779. The van der Waals surface area contributed by atoms with Crippen molar-refractivity contribution in [3.05, 3.63) is 42.0 Å². The maximum absolute atomic E-state index is 9.80. The molecule has 2 rings (SSSR count). The summed E-state index contributed by atoms with van der Waals surface area (Å²) in [7, 11) is 0. The Morgan fingerprint density at radius 2 is 2.13 bits per heavy atom. The van der Waals surface area contributed by atoms with E-state index in [1.54, 1.807) is 0 Å². The van der Waals surface area contributed by atoms with Crippen LogP contribution in [0.15, 0.2) is 36.4 Å². The van der Waals surface area contributed by atoms with Crippen LogP contribution in [0.5, 0.6) is 0 Å². The summed E-state index contributed by atoms with van der Waals surface area (Å²) in [5.41, 5.74) is 1.11. The second-order valence-corrected chi connectivity index (χ2v) is 3.81. The molecule has 1 aromatic carbocycles. The molecule has 0 saturated carbocycles. The van der Waals surface area contributed by atoms with Gasteiger partial charge in [0, 0.05) is 6.61 Å². The molecule has 0 spiro atoms. The van der Waals surface area contributed by atoms with Crippen LogP contribution in [-0.2, 0) is 4.74 Å². The third-order valence-electron chi connectivity index (χ3n) is 2.63. The molecule has 1 aliphatic rings. The highest BCUT2D eigenvalue weighted by molar-refractivity contribution is 5.49. The molecule has 0 amide bonds. The van der Waals surface area contributed by atoms with Crippen LogP contribution in [0, 0.1) is 0 Å². The Labute approximate surface area is 90.2 Å². The van der Waals surface area contributed by atoms with Crippen molar-refractivity contribution in [2.45, 2.75) is 25.0 Å². The highest BCUT2D eigenvalue weighted by Crippen LogP contribution is 2.17. The molecule has 2 nitrogen and oxygen atoms in total. The van der Waals surface area contributed by atoms with E-state index >= 15 is 0 Å². The predicted molar refractivity (Wildman–Crippen MR) is 60.5 cm³/mol. The Morgan fingerprint density at radius 3 is 2.80 bits per heavy atom. The van der Waals surface area contributed by atoms with Crippen molar-refractivity contribution in [2.24, 2.45) is 0 Å². The molecule has 1 saturated heterocycles. The van der Waals surface area contributed by atoms with Gasteiger partial charge in [0.2, 0.25) is 0 Å². The highest BCUT2D eigenvalue weighted by atomic mass is 16.5. The zero-order chi connectivity index (χ0) is 10.5. The molecule has 15 heavy (non-hydrogen) atoms. The lowest BCUT2D eigenvalue weighted by molar-refractivity contribution is 0.0231. The van der Waals surface area contributed by atoms with Gasteiger partial charge in [0.15, 0.2) is 0 Å². The lowest BCUT2D eigenvalue weighted by Crippen LogP contribution is -2.22. The molecule has 2 atom stereocenters. The number of hydrogen-bond acceptors (Lipinski definition) is 2. The van der Waals surface area contributed by atoms with E-state index in [2.05, 4.69) is 0 Å². The maximum Gasteiger partial charge on any atom is 0.0985 e. The van der Waals surface area contributed by atoms with Gasteiger partial charge in [0.1, 0.15) is 0 Å². The van der Waals surface area contributed by atoms with Gasteiger partial charge in [-0.25, -0.2) is 0 Å². The van der Waals surface area contributed by atoms with Gasteiger partial charge in [-0.15, -0.1) is 0 Å². The van der Waals surface area contributed by atoms with E-state index in [9.17, 15) is 5.11 Å². The van der Waals surface area contributed by atoms with Crippen LogP contribution in [-0.4, -0.2) is 23.9 Å². The van der Waals surface area contributed by atoms with Crippen molar-refractivity contribution in [1.82, 2.24) is 0 Å². The van der Waals surface area contributed by atoms with Crippen molar-refractivity contribution in [3.63, 3.8) is 0 Å². The second-order valence-electron chi connectivity index (χ2n) is 3.81. The summed E-state index contributed by atoms with van der Waals surface area (Å²) >= 11 is 0. The average Bonchev–Trinajstić information content (AvgIpc) is 2.81. The van der Waals surface area contributed by atoms with E-state index in [4.69, 9.17) is 4.74 Å². The zero-order valence-electron chi connectivity index (χ0n) is 8.67. The van der Waals surface area contributed by atoms with Crippen LogP contribution in [0.3, 0.4) is 0 Å². The number of aliphatic hydroxyl groups excluding tert-OH is 1. The van der Waals surface area contributed by atoms with Crippen molar-refractivity contribution >= 4 is 6.08 Å². The third-order valence-corrected chi connectivity index (χ3v) is 2.63. The molecule has 1 N–H and O–H groups in total. The molecule has 0 aliphatic carbocycles. The van der Waals surface area contributed by atoms with E-state index in [1.807, 2.05) is 42.5 Å². The van der Waals surface area contributed by atoms with Gasteiger partial charge in [-0.2, -0.15) is 0 Å². The molecule has 1 heterocycles. The van der Waals surface area contributed by atoms with Gasteiger partial charge < -0.3 is 9.84 Å². The Hall–Kier alpha value is -1.12. The van der Waals surface area contributed by atoms with Gasteiger partial charge in [0.25, 0.3) is 0 Å². The maximum atomic E-state index is 9.80. The van der Waals surface area contributed by atoms with Crippen LogP contribution >= 0.6 is 0 Å². The van der Waals surface area contributed by atoms with Crippen LogP contribution in [0.2, 0.25) is 0 Å². The summed E-state index contributed by atoms with van der Waals surface area (Å²) < 4.78 is 5.40. The summed E-state index contributed by atoms with van der Waals surface area (Å²) in [4.78, 5) is 0. The average molecular weight is 204 g/mol. The van der Waals surface area contributed by atoms with Crippen LogP contribution in [0.25, 0.3) is 6.08 Å². The molecule has 1 aliphatic heterocycles. The van der Waals surface area contributed by atoms with Crippen molar-refractivity contribution in [2.75, 3.05) is 6.61 Å². The van der Waals surface area contributed by atoms with E-state index < -0.39 is 6.10 Å². The minimum atomic E-state index is -0.479. The lowest BCUT2D eigenvalue weighted by atomic mass is 10.1. The van der Waals surface area contributed by atoms with Crippen LogP contribution in [0.1, 0.15) is 18.4 Å². The first-order valence-corrected chi connectivity index (χ1v) is 5.39. The normalized spacial score (nSPS) is 23.4. The molecule has 2 unspecified atom stereocenters. The predicted octanol–water partition coefficient (Wildman–Crippen LogP) is 2.24. The van der Waals surface area contributed by atoms with Gasteiger partial charge in [-0.3, -0.25) is 0 Å². The standard InChI is InChI=1S/C13H16O2/c14-12(13-7-4-10-15-13)9-8-11-5-2-1-3-6-11/h1-3,5-6,8-9,12-14H,4,7,10H2/b9-8+. The van der Waals surface area contributed by atoms with Crippen molar-refractivity contribution in [3.8, 4) is 0 Å². The Kier molecular flexibility index (Phi) is 3.54. The first kappa shape index (κ1) is 10.4. The van der Waals surface area contributed by atoms with Gasteiger partial charge >= 0.3 is 0 Å². The number of ether oxygens (including phenoxy) is 1. The fourth-order valence-electron chi connectivity index (χ4n) is 1.77. The number of benzene rings is 1. The summed E-state index contributed by atoms with van der Waals surface area (Å²) in [5.74, 6) is 0. The van der Waals surface area contributed by atoms with Crippen LogP contribution in [0.4, 0.5) is 0 Å². The number of rotatable bonds is 3. The lowest BCUT2D eigenvalue weighted by Gasteiger charge is -2.12. The minimum Gasteiger partial charge on any atom is -0.386 e. The first-order chi connectivity index (χ1) is 7.36. The largest absolute Gasteiger partial charge is 0.386 e. The molecule has 0 radical (unpaired) electrons. The second kappa shape index (κ2) is 5.10. The first-order valence-electron chi connectivity index (χ1n) is 5.39. The molecule has 0 aromatic heterocycles. The van der Waals surface area contributed by atoms with Crippen LogP contribution < -0.4 is 0 Å². The van der Waals surface area contributed by atoms with E-state index in [1.165, 1.54) is 0 Å². The summed E-state index contributed by atoms with van der Waals surface area (Å²) in [6, 6.07) is 9.97. The number of aliphatic hydroxyl groups is 1. The topological polar surface area (TPSA) is 29.5 Å².